The van der Waals surface area contributed by atoms with Gasteiger partial charge in [-0.1, -0.05) is 6.42 Å². The van der Waals surface area contributed by atoms with Crippen LogP contribution in [0.1, 0.15) is 19.3 Å². The van der Waals surface area contributed by atoms with Crippen molar-refractivity contribution in [3.05, 3.63) is 0 Å². The molecule has 0 spiro atoms. The molecule has 80 valence electrons. The molecule has 0 aromatic rings. The van der Waals surface area contributed by atoms with Gasteiger partial charge in [-0.05, 0) is 12.8 Å². The number of nitrogens with two attached hydrogens (primary N) is 1. The lowest BCUT2D eigenvalue weighted by Crippen LogP contribution is -2.48. The topological polar surface area (TPSA) is 87.5 Å². The van der Waals surface area contributed by atoms with E-state index in [0.717, 1.165) is 25.9 Å². The van der Waals surface area contributed by atoms with Crippen molar-refractivity contribution in [2.75, 3.05) is 19.6 Å². The summed E-state index contributed by atoms with van der Waals surface area (Å²) in [4.78, 5) is 21.3. The van der Waals surface area contributed by atoms with Crippen LogP contribution in [0.25, 0.3) is 0 Å². The highest BCUT2D eigenvalue weighted by Crippen LogP contribution is 2.05. The molecule has 1 saturated heterocycles. The van der Waals surface area contributed by atoms with Crippen LogP contribution in [0.2, 0.25) is 0 Å². The number of hydrogen-bond acceptors (Lipinski definition) is 4. The molecule has 1 aliphatic rings. The molecule has 1 heterocycles. The minimum Gasteiger partial charge on any atom is -0.351 e. The fourth-order valence-electron chi connectivity index (χ4n) is 1.42. The van der Waals surface area contributed by atoms with E-state index >= 15 is 0 Å². The Morgan fingerprint density at radius 2 is 1.86 bits per heavy atom. The molecular weight excluding hydrogens is 184 g/mol. The molecule has 0 atom stereocenters. The smallest absolute Gasteiger partial charge is 0.318 e. The van der Waals surface area contributed by atoms with Crippen LogP contribution in [0.4, 0.5) is 4.79 Å². The third-order valence-corrected chi connectivity index (χ3v) is 2.08. The van der Waals surface area contributed by atoms with Crippen LogP contribution in [0.3, 0.4) is 0 Å². The fraction of sp³-hybridized carbons (Fsp3) is 0.750. The van der Waals surface area contributed by atoms with Gasteiger partial charge < -0.3 is 5.73 Å². The van der Waals surface area contributed by atoms with Gasteiger partial charge in [0.05, 0.1) is 6.54 Å². The first-order chi connectivity index (χ1) is 6.68. The van der Waals surface area contributed by atoms with E-state index in [0.29, 0.717) is 0 Å². The van der Waals surface area contributed by atoms with Crippen LogP contribution in [-0.4, -0.2) is 36.6 Å². The predicted octanol–water partition coefficient (Wildman–Crippen LogP) is -0.828. The summed E-state index contributed by atoms with van der Waals surface area (Å²) in [5, 5.41) is 3.98. The molecule has 1 aliphatic heterocycles. The Morgan fingerprint density at radius 3 is 2.43 bits per heavy atom. The molecule has 0 aromatic heterocycles. The van der Waals surface area contributed by atoms with E-state index in [2.05, 4.69) is 5.43 Å². The molecule has 0 aliphatic carbocycles. The number of carbonyl (C=O) groups is 2. The van der Waals surface area contributed by atoms with Crippen molar-refractivity contribution in [2.24, 2.45) is 5.73 Å². The Labute approximate surface area is 82.8 Å². The van der Waals surface area contributed by atoms with E-state index in [1.807, 2.05) is 10.3 Å². The Balaban J connectivity index is 2.12. The Hall–Kier alpha value is -1.14. The second-order valence-corrected chi connectivity index (χ2v) is 3.30. The van der Waals surface area contributed by atoms with Crippen LogP contribution >= 0.6 is 0 Å². The minimum absolute atomic E-state index is 0.100. The maximum Gasteiger partial charge on any atom is 0.318 e. The number of nitrogens with one attached hydrogen (secondary N) is 2. The molecule has 6 nitrogen and oxygen atoms in total. The third-order valence-electron chi connectivity index (χ3n) is 2.08. The zero-order valence-electron chi connectivity index (χ0n) is 8.08. The largest absolute Gasteiger partial charge is 0.351 e. The van der Waals surface area contributed by atoms with Gasteiger partial charge in [0.1, 0.15) is 0 Å². The second-order valence-electron chi connectivity index (χ2n) is 3.30. The summed E-state index contributed by atoms with van der Waals surface area (Å²) in [6.45, 7) is 2.00. The van der Waals surface area contributed by atoms with E-state index in [9.17, 15) is 9.59 Å². The molecule has 3 amide bonds. The van der Waals surface area contributed by atoms with Crippen LogP contribution in [-0.2, 0) is 4.79 Å². The quantitative estimate of drug-likeness (QED) is 0.555. The number of urea groups is 1. The summed E-state index contributed by atoms with van der Waals surface area (Å²) in [6, 6.07) is -0.810. The van der Waals surface area contributed by atoms with E-state index in [1.54, 1.807) is 0 Å². The molecule has 0 radical (unpaired) electrons. The zero-order valence-corrected chi connectivity index (χ0v) is 8.08. The third kappa shape index (κ3) is 4.20. The van der Waals surface area contributed by atoms with Crippen molar-refractivity contribution >= 4 is 11.9 Å². The standard InChI is InChI=1S/C8H16N4O2/c9-8(14)11-7(13)6-10-12-4-2-1-3-5-12/h10H,1-6H2,(H3,9,11,13,14). The van der Waals surface area contributed by atoms with Gasteiger partial charge in [-0.25, -0.2) is 15.2 Å². The maximum atomic E-state index is 11.0. The van der Waals surface area contributed by atoms with Crippen LogP contribution in [0.15, 0.2) is 0 Å². The van der Waals surface area contributed by atoms with Gasteiger partial charge in [0, 0.05) is 13.1 Å². The number of rotatable bonds is 3. The lowest BCUT2D eigenvalue weighted by molar-refractivity contribution is -0.120. The molecule has 0 bridgehead atoms. The monoisotopic (exact) mass is 200 g/mol. The van der Waals surface area contributed by atoms with Crippen molar-refractivity contribution < 1.29 is 9.59 Å². The highest BCUT2D eigenvalue weighted by atomic mass is 16.2. The van der Waals surface area contributed by atoms with Gasteiger partial charge in [-0.3, -0.25) is 10.1 Å². The highest BCUT2D eigenvalue weighted by Gasteiger charge is 2.11. The lowest BCUT2D eigenvalue weighted by Gasteiger charge is -2.26. The summed E-state index contributed by atoms with van der Waals surface area (Å²) in [6.07, 6.45) is 3.53. The van der Waals surface area contributed by atoms with Gasteiger partial charge in [0.25, 0.3) is 0 Å². The van der Waals surface area contributed by atoms with Gasteiger partial charge in [0.2, 0.25) is 5.91 Å². The molecule has 4 N–H and O–H groups in total. The Kier molecular flexibility index (Phi) is 4.34. The number of imide groups is 1. The molecule has 1 rings (SSSR count). The zero-order chi connectivity index (χ0) is 10.4. The molecule has 0 unspecified atom stereocenters. The number of hydrogen-bond donors (Lipinski definition) is 3. The van der Waals surface area contributed by atoms with Crippen molar-refractivity contribution in [1.82, 2.24) is 15.8 Å². The number of hydrazine groups is 1. The Bertz CT molecular complexity index is 213. The fourth-order valence-corrected chi connectivity index (χ4v) is 1.42. The molecule has 1 fully saturated rings. The molecule has 6 heteroatoms. The van der Waals surface area contributed by atoms with Crippen molar-refractivity contribution in [2.45, 2.75) is 19.3 Å². The van der Waals surface area contributed by atoms with E-state index < -0.39 is 11.9 Å². The van der Waals surface area contributed by atoms with Crippen molar-refractivity contribution in [1.29, 1.82) is 0 Å². The summed E-state index contributed by atoms with van der Waals surface area (Å²) in [7, 11) is 0. The highest BCUT2D eigenvalue weighted by molar-refractivity contribution is 5.94. The van der Waals surface area contributed by atoms with E-state index in [1.165, 1.54) is 6.42 Å². The van der Waals surface area contributed by atoms with Gasteiger partial charge in [0.15, 0.2) is 0 Å². The molecular formula is C8H16N4O2. The normalized spacial score (nSPS) is 17.7. The SMILES string of the molecule is NC(=O)NC(=O)CNN1CCCCC1. The first-order valence-corrected chi connectivity index (χ1v) is 4.76. The first kappa shape index (κ1) is 10.9. The van der Waals surface area contributed by atoms with E-state index in [4.69, 9.17) is 5.73 Å². The average molecular weight is 200 g/mol. The van der Waals surface area contributed by atoms with Crippen LogP contribution < -0.4 is 16.5 Å². The van der Waals surface area contributed by atoms with Gasteiger partial charge >= 0.3 is 6.03 Å². The Morgan fingerprint density at radius 1 is 1.21 bits per heavy atom. The van der Waals surface area contributed by atoms with E-state index in [-0.39, 0.29) is 6.54 Å². The summed E-state index contributed by atoms with van der Waals surface area (Å²) < 4.78 is 0. The first-order valence-electron chi connectivity index (χ1n) is 4.76. The summed E-state index contributed by atoms with van der Waals surface area (Å²) in [5.41, 5.74) is 7.73. The summed E-state index contributed by atoms with van der Waals surface area (Å²) >= 11 is 0. The number of nitrogens with zero attached hydrogens (tertiary/aromatic N) is 1. The lowest BCUT2D eigenvalue weighted by atomic mass is 10.2. The maximum absolute atomic E-state index is 11.0. The molecule has 14 heavy (non-hydrogen) atoms. The van der Waals surface area contributed by atoms with Gasteiger partial charge in [-0.15, -0.1) is 0 Å². The predicted molar refractivity (Wildman–Crippen MR) is 51.2 cm³/mol. The van der Waals surface area contributed by atoms with Crippen LogP contribution in [0.5, 0.6) is 0 Å². The number of piperidine rings is 1. The number of carbonyl (C=O) groups excluding carboxylic acids is 2. The number of amides is 3. The average Bonchev–Trinajstić information content (AvgIpc) is 2.15. The molecule has 0 saturated carbocycles. The summed E-state index contributed by atoms with van der Waals surface area (Å²) in [5.74, 6) is -0.400. The van der Waals surface area contributed by atoms with Crippen molar-refractivity contribution in [3.8, 4) is 0 Å². The minimum atomic E-state index is -0.810. The van der Waals surface area contributed by atoms with Crippen LogP contribution in [0, 0.1) is 0 Å². The van der Waals surface area contributed by atoms with Gasteiger partial charge in [-0.2, -0.15) is 0 Å². The molecule has 0 aromatic carbocycles. The second kappa shape index (κ2) is 5.56. The van der Waals surface area contributed by atoms with Crippen molar-refractivity contribution in [3.63, 3.8) is 0 Å². The number of primary amides is 1.